The Morgan fingerprint density at radius 2 is 2.14 bits per heavy atom. The van der Waals surface area contributed by atoms with Gasteiger partial charge in [0.25, 0.3) is 0 Å². The van der Waals surface area contributed by atoms with E-state index in [4.69, 9.17) is 4.74 Å². The smallest absolute Gasteiger partial charge is 0.234 e. The zero-order valence-corrected chi connectivity index (χ0v) is 13.4. The Kier molecular flexibility index (Phi) is 7.50. The van der Waals surface area contributed by atoms with Crippen molar-refractivity contribution in [3.63, 3.8) is 0 Å². The van der Waals surface area contributed by atoms with Gasteiger partial charge in [-0.15, -0.1) is 12.4 Å². The first kappa shape index (κ1) is 17.8. The highest BCUT2D eigenvalue weighted by molar-refractivity contribution is 5.85. The number of carbonyl (C=O) groups is 1. The van der Waals surface area contributed by atoms with Crippen molar-refractivity contribution >= 4 is 18.3 Å². The van der Waals surface area contributed by atoms with E-state index < -0.39 is 0 Å². The summed E-state index contributed by atoms with van der Waals surface area (Å²) in [6.07, 6.45) is 0. The third kappa shape index (κ3) is 5.53. The summed E-state index contributed by atoms with van der Waals surface area (Å²) in [5.74, 6) is 0.907. The number of hydrogen-bond donors (Lipinski definition) is 2. The molecular formula is C15H24ClN3O2. The molecule has 1 atom stereocenters. The van der Waals surface area contributed by atoms with Gasteiger partial charge in [0.2, 0.25) is 5.91 Å². The van der Waals surface area contributed by atoms with Crippen molar-refractivity contribution in [1.82, 2.24) is 15.5 Å². The van der Waals surface area contributed by atoms with Crippen molar-refractivity contribution in [1.29, 1.82) is 0 Å². The lowest BCUT2D eigenvalue weighted by atomic mass is 10.2. The second-order valence-electron chi connectivity index (χ2n) is 5.15. The van der Waals surface area contributed by atoms with Gasteiger partial charge < -0.3 is 15.4 Å². The highest BCUT2D eigenvalue weighted by Gasteiger charge is 2.19. The summed E-state index contributed by atoms with van der Waals surface area (Å²) in [6, 6.07) is 8.15. The van der Waals surface area contributed by atoms with E-state index in [0.717, 1.165) is 30.9 Å². The molecule has 2 N–H and O–H groups in total. The Morgan fingerprint density at radius 3 is 2.76 bits per heavy atom. The lowest BCUT2D eigenvalue weighted by Crippen LogP contribution is -2.52. The molecule has 0 spiro atoms. The van der Waals surface area contributed by atoms with E-state index in [2.05, 4.69) is 22.5 Å². The van der Waals surface area contributed by atoms with Gasteiger partial charge in [-0.2, -0.15) is 0 Å². The van der Waals surface area contributed by atoms with Crippen molar-refractivity contribution < 1.29 is 9.53 Å². The SMILES string of the molecule is COc1ccc(CNC(=O)CN2CCNC[C@@H]2C)cc1.Cl. The van der Waals surface area contributed by atoms with E-state index in [9.17, 15) is 4.79 Å². The maximum atomic E-state index is 12.0. The van der Waals surface area contributed by atoms with Crippen LogP contribution in [-0.4, -0.2) is 50.1 Å². The molecule has 1 saturated heterocycles. The molecule has 0 aromatic heterocycles. The van der Waals surface area contributed by atoms with Crippen molar-refractivity contribution in [3.8, 4) is 5.75 Å². The maximum absolute atomic E-state index is 12.0. The molecular weight excluding hydrogens is 290 g/mol. The molecule has 0 aliphatic carbocycles. The molecule has 118 valence electrons. The molecule has 1 amide bonds. The summed E-state index contributed by atoms with van der Waals surface area (Å²) in [5.41, 5.74) is 1.08. The topological polar surface area (TPSA) is 53.6 Å². The molecule has 0 unspecified atom stereocenters. The van der Waals surface area contributed by atoms with E-state index in [-0.39, 0.29) is 18.3 Å². The first-order valence-corrected chi connectivity index (χ1v) is 7.03. The number of nitrogens with one attached hydrogen (secondary N) is 2. The fourth-order valence-electron chi connectivity index (χ4n) is 2.30. The molecule has 0 bridgehead atoms. The molecule has 5 nitrogen and oxygen atoms in total. The summed E-state index contributed by atoms with van der Waals surface area (Å²) >= 11 is 0. The van der Waals surface area contributed by atoms with Gasteiger partial charge in [-0.1, -0.05) is 12.1 Å². The van der Waals surface area contributed by atoms with Crippen LogP contribution in [0.25, 0.3) is 0 Å². The highest BCUT2D eigenvalue weighted by Crippen LogP contribution is 2.11. The number of ether oxygens (including phenoxy) is 1. The van der Waals surface area contributed by atoms with E-state index in [1.807, 2.05) is 24.3 Å². The van der Waals surface area contributed by atoms with Gasteiger partial charge >= 0.3 is 0 Å². The third-order valence-electron chi connectivity index (χ3n) is 3.63. The van der Waals surface area contributed by atoms with Crippen LogP contribution < -0.4 is 15.4 Å². The molecule has 1 aromatic carbocycles. The van der Waals surface area contributed by atoms with E-state index in [1.165, 1.54) is 0 Å². The molecule has 21 heavy (non-hydrogen) atoms. The minimum absolute atomic E-state index is 0. The quantitative estimate of drug-likeness (QED) is 0.852. The molecule has 1 aromatic rings. The monoisotopic (exact) mass is 313 g/mol. The van der Waals surface area contributed by atoms with Crippen LogP contribution in [0.1, 0.15) is 12.5 Å². The van der Waals surface area contributed by atoms with Gasteiger partial charge in [0.15, 0.2) is 0 Å². The zero-order valence-electron chi connectivity index (χ0n) is 12.6. The van der Waals surface area contributed by atoms with Gasteiger partial charge in [-0.3, -0.25) is 9.69 Å². The van der Waals surface area contributed by atoms with Gasteiger partial charge in [0.1, 0.15) is 5.75 Å². The van der Waals surface area contributed by atoms with E-state index in [1.54, 1.807) is 7.11 Å². The van der Waals surface area contributed by atoms with Crippen molar-refractivity contribution in [2.75, 3.05) is 33.3 Å². The minimum Gasteiger partial charge on any atom is -0.497 e. The number of carbonyl (C=O) groups excluding carboxylic acids is 1. The fourth-order valence-corrected chi connectivity index (χ4v) is 2.30. The Hall–Kier alpha value is -1.30. The summed E-state index contributed by atoms with van der Waals surface area (Å²) < 4.78 is 5.11. The van der Waals surface area contributed by atoms with Crippen LogP contribution in [-0.2, 0) is 11.3 Å². The van der Waals surface area contributed by atoms with Crippen LogP contribution in [0.4, 0.5) is 0 Å². The van der Waals surface area contributed by atoms with Crippen molar-refractivity contribution in [2.45, 2.75) is 19.5 Å². The Balaban J connectivity index is 0.00000220. The van der Waals surface area contributed by atoms with Gasteiger partial charge in [0.05, 0.1) is 13.7 Å². The first-order chi connectivity index (χ1) is 9.69. The molecule has 1 heterocycles. The van der Waals surface area contributed by atoms with Gasteiger partial charge in [-0.25, -0.2) is 0 Å². The lowest BCUT2D eigenvalue weighted by Gasteiger charge is -2.33. The average Bonchev–Trinajstić information content (AvgIpc) is 2.48. The standard InChI is InChI=1S/C15H23N3O2.ClH/c1-12-9-16-7-8-18(12)11-15(19)17-10-13-3-5-14(20-2)6-4-13;/h3-6,12,16H,7-11H2,1-2H3,(H,17,19);1H/t12-;/m0./s1. The van der Waals surface area contributed by atoms with Crippen molar-refractivity contribution in [2.24, 2.45) is 0 Å². The molecule has 2 rings (SSSR count). The van der Waals surface area contributed by atoms with Gasteiger partial charge in [-0.05, 0) is 24.6 Å². The number of benzene rings is 1. The predicted octanol–water partition coefficient (Wildman–Crippen LogP) is 1.03. The Bertz CT molecular complexity index is 439. The average molecular weight is 314 g/mol. The van der Waals surface area contributed by atoms with Crippen LogP contribution in [0.5, 0.6) is 5.75 Å². The summed E-state index contributed by atoms with van der Waals surface area (Å²) in [6.45, 7) is 6.00. The number of nitrogens with zero attached hydrogens (tertiary/aromatic N) is 1. The summed E-state index contributed by atoms with van der Waals surface area (Å²) in [5, 5.41) is 6.28. The molecule has 1 aliphatic heterocycles. The summed E-state index contributed by atoms with van der Waals surface area (Å²) in [7, 11) is 1.64. The van der Waals surface area contributed by atoms with Crippen LogP contribution in [0.15, 0.2) is 24.3 Å². The largest absolute Gasteiger partial charge is 0.497 e. The molecule has 0 radical (unpaired) electrons. The molecule has 6 heteroatoms. The second-order valence-corrected chi connectivity index (χ2v) is 5.15. The van der Waals surface area contributed by atoms with E-state index >= 15 is 0 Å². The molecule has 0 saturated carbocycles. The Morgan fingerprint density at radius 1 is 1.43 bits per heavy atom. The third-order valence-corrected chi connectivity index (χ3v) is 3.63. The molecule has 1 aliphatic rings. The van der Waals surface area contributed by atoms with Crippen LogP contribution in [0.3, 0.4) is 0 Å². The predicted molar refractivity (Wildman–Crippen MR) is 86.0 cm³/mol. The fraction of sp³-hybridized carbons (Fsp3) is 0.533. The van der Waals surface area contributed by atoms with E-state index in [0.29, 0.717) is 19.1 Å². The Labute approximate surface area is 132 Å². The normalized spacial score (nSPS) is 18.7. The minimum atomic E-state index is 0. The van der Waals surface area contributed by atoms with Crippen LogP contribution >= 0.6 is 12.4 Å². The zero-order chi connectivity index (χ0) is 14.4. The molecule has 1 fully saturated rings. The summed E-state index contributed by atoms with van der Waals surface area (Å²) in [4.78, 5) is 14.2. The number of rotatable bonds is 5. The lowest BCUT2D eigenvalue weighted by molar-refractivity contribution is -0.123. The number of hydrogen-bond acceptors (Lipinski definition) is 4. The van der Waals surface area contributed by atoms with Crippen molar-refractivity contribution in [3.05, 3.63) is 29.8 Å². The first-order valence-electron chi connectivity index (χ1n) is 7.03. The van der Waals surface area contributed by atoms with Gasteiger partial charge in [0, 0.05) is 32.2 Å². The number of methoxy groups -OCH3 is 1. The number of halogens is 1. The number of piperazine rings is 1. The maximum Gasteiger partial charge on any atom is 0.234 e. The van der Waals surface area contributed by atoms with Crippen LogP contribution in [0.2, 0.25) is 0 Å². The van der Waals surface area contributed by atoms with Crippen LogP contribution in [0, 0.1) is 0 Å². The second kappa shape index (κ2) is 8.87. The number of amides is 1. The highest BCUT2D eigenvalue weighted by atomic mass is 35.5.